The van der Waals surface area contributed by atoms with Crippen LogP contribution in [0.3, 0.4) is 0 Å². The van der Waals surface area contributed by atoms with Gasteiger partial charge in [0.15, 0.2) is 5.75 Å². The molecule has 84 valence electrons. The normalized spacial score (nSPS) is 14.5. The van der Waals surface area contributed by atoms with Crippen molar-refractivity contribution in [1.82, 2.24) is 0 Å². The van der Waals surface area contributed by atoms with Crippen LogP contribution < -0.4 is 10.5 Å². The number of nitrogens with two attached hydrogens (primary N) is 1. The van der Waals surface area contributed by atoms with E-state index in [0.717, 1.165) is 28.3 Å². The minimum atomic E-state index is 0.555. The molecule has 0 aliphatic heterocycles. The molecular weight excluding hydrogens is 315 g/mol. The third kappa shape index (κ3) is 2.79. The Bertz CT molecular complexity index is 412. The zero-order chi connectivity index (χ0) is 11.5. The van der Waals surface area contributed by atoms with Crippen molar-refractivity contribution < 1.29 is 4.74 Å². The molecule has 0 unspecified atom stereocenters. The lowest BCUT2D eigenvalue weighted by Gasteiger charge is -2.10. The Morgan fingerprint density at radius 2 is 2.25 bits per heavy atom. The second-order valence-electron chi connectivity index (χ2n) is 4.07. The number of nitriles is 1. The smallest absolute Gasteiger partial charge is 0.155 e. The zero-order valence-corrected chi connectivity index (χ0v) is 11.0. The number of hydrogen-bond donors (Lipinski definition) is 1. The van der Waals surface area contributed by atoms with Crippen molar-refractivity contribution in [2.45, 2.75) is 19.3 Å². The number of nitrogen functional groups attached to an aromatic ring is 1. The molecule has 0 bridgehead atoms. The maximum absolute atomic E-state index is 8.78. The van der Waals surface area contributed by atoms with Crippen molar-refractivity contribution in [2.75, 3.05) is 12.3 Å². The van der Waals surface area contributed by atoms with Gasteiger partial charge in [0.2, 0.25) is 0 Å². The van der Waals surface area contributed by atoms with Crippen molar-refractivity contribution in [3.05, 3.63) is 21.3 Å². The fourth-order valence-electron chi connectivity index (χ4n) is 1.57. The molecule has 0 spiro atoms. The van der Waals surface area contributed by atoms with Crippen molar-refractivity contribution >= 4 is 28.3 Å². The van der Waals surface area contributed by atoms with E-state index in [1.807, 2.05) is 0 Å². The second-order valence-corrected chi connectivity index (χ2v) is 5.23. The first-order chi connectivity index (χ1) is 7.70. The third-order valence-electron chi connectivity index (χ3n) is 2.67. The zero-order valence-electron chi connectivity index (χ0n) is 8.87. The number of halogens is 1. The number of anilines is 1. The minimum Gasteiger partial charge on any atom is -0.490 e. The summed E-state index contributed by atoms with van der Waals surface area (Å²) in [6.07, 6.45) is 3.78. The maximum Gasteiger partial charge on any atom is 0.155 e. The fraction of sp³-hybridized carbons (Fsp3) is 0.417. The summed E-state index contributed by atoms with van der Waals surface area (Å²) < 4.78 is 6.58. The van der Waals surface area contributed by atoms with E-state index >= 15 is 0 Å². The van der Waals surface area contributed by atoms with Gasteiger partial charge in [-0.1, -0.05) is 12.8 Å². The highest BCUT2D eigenvalue weighted by molar-refractivity contribution is 14.1. The van der Waals surface area contributed by atoms with Gasteiger partial charge in [-0.25, -0.2) is 0 Å². The van der Waals surface area contributed by atoms with Crippen molar-refractivity contribution in [3.63, 3.8) is 0 Å². The molecule has 0 aromatic heterocycles. The maximum atomic E-state index is 8.78. The molecule has 1 aliphatic rings. The Morgan fingerprint density at radius 3 is 2.81 bits per heavy atom. The van der Waals surface area contributed by atoms with E-state index in [-0.39, 0.29) is 0 Å². The van der Waals surface area contributed by atoms with Gasteiger partial charge in [-0.05, 0) is 47.1 Å². The van der Waals surface area contributed by atoms with Gasteiger partial charge in [-0.2, -0.15) is 5.26 Å². The first-order valence-corrected chi connectivity index (χ1v) is 6.40. The van der Waals surface area contributed by atoms with Gasteiger partial charge in [-0.15, -0.1) is 0 Å². The lowest BCUT2D eigenvalue weighted by atomic mass is 10.2. The molecule has 1 saturated carbocycles. The van der Waals surface area contributed by atoms with Crippen LogP contribution in [-0.4, -0.2) is 6.61 Å². The Labute approximate surface area is 109 Å². The molecule has 0 saturated heterocycles. The molecule has 1 aromatic carbocycles. The topological polar surface area (TPSA) is 59.0 Å². The Balaban J connectivity index is 2.04. The highest BCUT2D eigenvalue weighted by atomic mass is 127. The number of nitrogens with zero attached hydrogens (tertiary/aromatic N) is 1. The SMILES string of the molecule is N#Cc1cc(N)c(OCCC2CC2)c(I)c1. The third-order valence-corrected chi connectivity index (χ3v) is 3.47. The predicted molar refractivity (Wildman–Crippen MR) is 71.1 cm³/mol. The van der Waals surface area contributed by atoms with Crippen molar-refractivity contribution in [2.24, 2.45) is 5.92 Å². The van der Waals surface area contributed by atoms with Crippen LogP contribution in [0.25, 0.3) is 0 Å². The molecule has 2 rings (SSSR count). The minimum absolute atomic E-state index is 0.555. The van der Waals surface area contributed by atoms with Gasteiger partial charge in [0.05, 0.1) is 27.5 Å². The van der Waals surface area contributed by atoms with E-state index < -0.39 is 0 Å². The van der Waals surface area contributed by atoms with Crippen LogP contribution in [0.15, 0.2) is 12.1 Å². The predicted octanol–water partition coefficient (Wildman–Crippen LogP) is 2.92. The lowest BCUT2D eigenvalue weighted by molar-refractivity contribution is 0.302. The molecular formula is C12H13IN2O. The van der Waals surface area contributed by atoms with Crippen LogP contribution in [-0.2, 0) is 0 Å². The van der Waals surface area contributed by atoms with Gasteiger partial charge < -0.3 is 10.5 Å². The van der Waals surface area contributed by atoms with Crippen molar-refractivity contribution in [3.8, 4) is 11.8 Å². The number of benzene rings is 1. The molecule has 2 N–H and O–H groups in total. The summed E-state index contributed by atoms with van der Waals surface area (Å²) in [6.45, 7) is 0.719. The molecule has 0 radical (unpaired) electrons. The van der Waals surface area contributed by atoms with E-state index in [4.69, 9.17) is 15.7 Å². The summed E-state index contributed by atoms with van der Waals surface area (Å²) in [7, 11) is 0. The second kappa shape index (κ2) is 4.91. The van der Waals surface area contributed by atoms with E-state index in [1.54, 1.807) is 12.1 Å². The van der Waals surface area contributed by atoms with E-state index in [0.29, 0.717) is 11.3 Å². The number of ether oxygens (including phenoxy) is 1. The monoisotopic (exact) mass is 328 g/mol. The highest BCUT2D eigenvalue weighted by Gasteiger charge is 2.21. The van der Waals surface area contributed by atoms with Crippen LogP contribution in [0.2, 0.25) is 0 Å². The number of hydrogen-bond acceptors (Lipinski definition) is 3. The summed E-state index contributed by atoms with van der Waals surface area (Å²) in [5.74, 6) is 1.58. The van der Waals surface area contributed by atoms with Crippen LogP contribution in [0.5, 0.6) is 5.75 Å². The summed E-state index contributed by atoms with van der Waals surface area (Å²) in [5.41, 5.74) is 6.98. The van der Waals surface area contributed by atoms with Gasteiger partial charge in [0, 0.05) is 0 Å². The van der Waals surface area contributed by atoms with Crippen LogP contribution >= 0.6 is 22.6 Å². The van der Waals surface area contributed by atoms with Gasteiger partial charge >= 0.3 is 0 Å². The van der Waals surface area contributed by atoms with Crippen LogP contribution in [0, 0.1) is 20.8 Å². The van der Waals surface area contributed by atoms with Crippen molar-refractivity contribution in [1.29, 1.82) is 5.26 Å². The molecule has 1 aliphatic carbocycles. The molecule has 3 nitrogen and oxygen atoms in total. The molecule has 0 heterocycles. The lowest BCUT2D eigenvalue weighted by Crippen LogP contribution is -2.03. The first-order valence-electron chi connectivity index (χ1n) is 5.32. The first kappa shape index (κ1) is 11.5. The Kier molecular flexibility index (Phi) is 3.54. The average Bonchev–Trinajstić information content (AvgIpc) is 3.05. The summed E-state index contributed by atoms with van der Waals surface area (Å²) in [4.78, 5) is 0. The van der Waals surface area contributed by atoms with Crippen LogP contribution in [0.4, 0.5) is 5.69 Å². The molecule has 0 atom stereocenters. The Hall–Kier alpha value is -0.960. The average molecular weight is 328 g/mol. The Morgan fingerprint density at radius 1 is 1.50 bits per heavy atom. The highest BCUT2D eigenvalue weighted by Crippen LogP contribution is 2.34. The van der Waals surface area contributed by atoms with E-state index in [2.05, 4.69) is 28.7 Å². The fourth-order valence-corrected chi connectivity index (χ4v) is 2.37. The standard InChI is InChI=1S/C12H13IN2O/c13-10-5-9(7-14)6-11(15)12(10)16-4-3-8-1-2-8/h5-6,8H,1-4,15H2. The quantitative estimate of drug-likeness (QED) is 0.683. The van der Waals surface area contributed by atoms with E-state index in [1.165, 1.54) is 12.8 Å². The van der Waals surface area contributed by atoms with E-state index in [9.17, 15) is 0 Å². The van der Waals surface area contributed by atoms with Crippen LogP contribution in [0.1, 0.15) is 24.8 Å². The molecule has 1 aromatic rings. The summed E-state index contributed by atoms with van der Waals surface area (Å²) >= 11 is 2.15. The number of rotatable bonds is 4. The molecule has 16 heavy (non-hydrogen) atoms. The van der Waals surface area contributed by atoms with Gasteiger partial charge in [-0.3, -0.25) is 0 Å². The van der Waals surface area contributed by atoms with Gasteiger partial charge in [0.1, 0.15) is 0 Å². The molecule has 1 fully saturated rings. The molecule has 0 amide bonds. The summed E-state index contributed by atoms with van der Waals surface area (Å²) in [5, 5.41) is 8.78. The molecule has 4 heteroatoms. The largest absolute Gasteiger partial charge is 0.490 e. The van der Waals surface area contributed by atoms with Gasteiger partial charge in [0.25, 0.3) is 0 Å². The summed E-state index contributed by atoms with van der Waals surface area (Å²) in [6, 6.07) is 5.54.